The smallest absolute Gasteiger partial charge is 0.422 e. The van der Waals surface area contributed by atoms with Gasteiger partial charge in [0.2, 0.25) is 0 Å². The Kier molecular flexibility index (Phi) is 5.86. The lowest BCUT2D eigenvalue weighted by atomic mass is 10.1. The summed E-state index contributed by atoms with van der Waals surface area (Å²) in [5.74, 6) is 0.0870. The first kappa shape index (κ1) is 20.4. The van der Waals surface area contributed by atoms with Gasteiger partial charge in [-0.05, 0) is 31.2 Å². The third-order valence-electron chi connectivity index (χ3n) is 4.08. The number of nitrogens with one attached hydrogen (secondary N) is 1. The summed E-state index contributed by atoms with van der Waals surface area (Å²) < 4.78 is 46.6. The van der Waals surface area contributed by atoms with E-state index in [0.717, 1.165) is 5.39 Å². The molecule has 2 heterocycles. The lowest BCUT2D eigenvalue weighted by Crippen LogP contribution is -2.28. The van der Waals surface area contributed by atoms with Crippen molar-refractivity contribution in [2.24, 2.45) is 0 Å². The summed E-state index contributed by atoms with van der Waals surface area (Å²) in [6.07, 6.45) is -3.24. The largest absolute Gasteiger partial charge is 0.496 e. The van der Waals surface area contributed by atoms with Crippen LogP contribution in [0.2, 0.25) is 0 Å². The van der Waals surface area contributed by atoms with Crippen LogP contribution in [0.1, 0.15) is 29.1 Å². The molecule has 6 nitrogen and oxygen atoms in total. The molecule has 0 aliphatic carbocycles. The monoisotopic (exact) mass is 405 g/mol. The Morgan fingerprint density at radius 3 is 2.62 bits per heavy atom. The number of alkyl halides is 3. The third kappa shape index (κ3) is 5.13. The number of ether oxygens (including phenoxy) is 2. The van der Waals surface area contributed by atoms with E-state index < -0.39 is 24.7 Å². The summed E-state index contributed by atoms with van der Waals surface area (Å²) in [7, 11) is 1.51. The first-order valence-electron chi connectivity index (χ1n) is 8.67. The molecule has 0 aliphatic rings. The molecule has 2 aromatic heterocycles. The molecule has 1 atom stereocenters. The SMILES string of the molecule is COc1cc(C(=O)N[C@H](C)c2ccc(OCC(F)(F)F)cn2)nc2ccccc12. The van der Waals surface area contributed by atoms with E-state index in [1.807, 2.05) is 18.2 Å². The highest BCUT2D eigenvalue weighted by atomic mass is 19.4. The number of fused-ring (bicyclic) bond motifs is 1. The predicted molar refractivity (Wildman–Crippen MR) is 100.0 cm³/mol. The fourth-order valence-corrected chi connectivity index (χ4v) is 2.67. The zero-order chi connectivity index (χ0) is 21.0. The molecule has 1 N–H and O–H groups in total. The van der Waals surface area contributed by atoms with Gasteiger partial charge < -0.3 is 14.8 Å². The summed E-state index contributed by atoms with van der Waals surface area (Å²) in [6.45, 7) is 0.310. The molecule has 0 saturated carbocycles. The molecule has 0 spiro atoms. The van der Waals surface area contributed by atoms with Crippen molar-refractivity contribution in [3.63, 3.8) is 0 Å². The molecule has 0 aliphatic heterocycles. The molecule has 0 unspecified atom stereocenters. The van der Waals surface area contributed by atoms with Crippen LogP contribution in [0.5, 0.6) is 11.5 Å². The number of methoxy groups -OCH3 is 1. The number of nitrogens with zero attached hydrogens (tertiary/aromatic N) is 2. The molecular weight excluding hydrogens is 387 g/mol. The number of carbonyl (C=O) groups excluding carboxylic acids is 1. The minimum absolute atomic E-state index is 0.00877. The lowest BCUT2D eigenvalue weighted by Gasteiger charge is -2.15. The molecule has 29 heavy (non-hydrogen) atoms. The van der Waals surface area contributed by atoms with E-state index in [1.54, 1.807) is 19.1 Å². The van der Waals surface area contributed by atoms with E-state index in [2.05, 4.69) is 20.0 Å². The van der Waals surface area contributed by atoms with Crippen LogP contribution in [0.25, 0.3) is 10.9 Å². The zero-order valence-corrected chi connectivity index (χ0v) is 15.7. The second kappa shape index (κ2) is 8.34. The van der Waals surface area contributed by atoms with Gasteiger partial charge >= 0.3 is 6.18 Å². The summed E-state index contributed by atoms with van der Waals surface area (Å²) in [6, 6.07) is 11.2. The van der Waals surface area contributed by atoms with E-state index in [-0.39, 0.29) is 11.4 Å². The molecule has 3 rings (SSSR count). The normalized spacial score (nSPS) is 12.4. The van der Waals surface area contributed by atoms with Gasteiger partial charge in [-0.3, -0.25) is 9.78 Å². The predicted octanol–water partition coefficient (Wildman–Crippen LogP) is 4.07. The average Bonchev–Trinajstić information content (AvgIpc) is 2.71. The number of pyridine rings is 2. The van der Waals surface area contributed by atoms with Crippen LogP contribution < -0.4 is 14.8 Å². The Labute approximate surface area is 164 Å². The number of rotatable bonds is 6. The molecule has 0 radical (unpaired) electrons. The van der Waals surface area contributed by atoms with E-state index in [1.165, 1.54) is 25.4 Å². The van der Waals surface area contributed by atoms with Gasteiger partial charge in [-0.15, -0.1) is 0 Å². The van der Waals surface area contributed by atoms with E-state index >= 15 is 0 Å². The van der Waals surface area contributed by atoms with Gasteiger partial charge in [0, 0.05) is 11.5 Å². The molecule has 3 aromatic rings. The number of halogens is 3. The van der Waals surface area contributed by atoms with Crippen molar-refractivity contribution in [3.8, 4) is 11.5 Å². The molecule has 1 amide bonds. The maximum Gasteiger partial charge on any atom is 0.422 e. The Hall–Kier alpha value is -3.36. The summed E-state index contributed by atoms with van der Waals surface area (Å²) in [4.78, 5) is 21.0. The molecule has 0 saturated heterocycles. The van der Waals surface area contributed by atoms with Gasteiger partial charge in [0.25, 0.3) is 5.91 Å². The average molecular weight is 405 g/mol. The minimum atomic E-state index is -4.42. The van der Waals surface area contributed by atoms with Gasteiger partial charge in [0.1, 0.15) is 17.2 Å². The molecule has 1 aromatic carbocycles. The van der Waals surface area contributed by atoms with Crippen LogP contribution in [-0.4, -0.2) is 35.8 Å². The third-order valence-corrected chi connectivity index (χ3v) is 4.08. The Bertz CT molecular complexity index is 1010. The van der Waals surface area contributed by atoms with Crippen molar-refractivity contribution in [2.45, 2.75) is 19.1 Å². The van der Waals surface area contributed by atoms with Crippen LogP contribution in [-0.2, 0) is 0 Å². The number of hydrogen-bond donors (Lipinski definition) is 1. The van der Waals surface area contributed by atoms with E-state index in [4.69, 9.17) is 4.74 Å². The number of benzene rings is 1. The fourth-order valence-electron chi connectivity index (χ4n) is 2.67. The number of carbonyl (C=O) groups is 1. The molecule has 152 valence electrons. The maximum absolute atomic E-state index is 12.6. The lowest BCUT2D eigenvalue weighted by molar-refractivity contribution is -0.153. The van der Waals surface area contributed by atoms with Crippen LogP contribution >= 0.6 is 0 Å². The minimum Gasteiger partial charge on any atom is -0.496 e. The van der Waals surface area contributed by atoms with Crippen molar-refractivity contribution in [3.05, 3.63) is 60.0 Å². The highest BCUT2D eigenvalue weighted by Crippen LogP contribution is 2.25. The topological polar surface area (TPSA) is 73.3 Å². The summed E-state index contributed by atoms with van der Waals surface area (Å²) in [5.41, 5.74) is 1.26. The highest BCUT2D eigenvalue weighted by Gasteiger charge is 2.28. The first-order valence-corrected chi connectivity index (χ1v) is 8.67. The number of para-hydroxylation sites is 1. The number of amides is 1. The van der Waals surface area contributed by atoms with E-state index in [9.17, 15) is 18.0 Å². The quantitative estimate of drug-likeness (QED) is 0.669. The van der Waals surface area contributed by atoms with Crippen molar-refractivity contribution in [2.75, 3.05) is 13.7 Å². The highest BCUT2D eigenvalue weighted by molar-refractivity contribution is 5.97. The second-order valence-electron chi connectivity index (χ2n) is 6.24. The zero-order valence-electron chi connectivity index (χ0n) is 15.7. The van der Waals surface area contributed by atoms with Crippen LogP contribution in [0.15, 0.2) is 48.7 Å². The van der Waals surface area contributed by atoms with E-state index in [0.29, 0.717) is 17.0 Å². The Morgan fingerprint density at radius 1 is 1.21 bits per heavy atom. The molecular formula is C20H18F3N3O3. The number of hydrogen-bond acceptors (Lipinski definition) is 5. The second-order valence-corrected chi connectivity index (χ2v) is 6.24. The Morgan fingerprint density at radius 2 is 1.97 bits per heavy atom. The van der Waals surface area contributed by atoms with Gasteiger partial charge in [-0.1, -0.05) is 12.1 Å². The maximum atomic E-state index is 12.6. The van der Waals surface area contributed by atoms with Crippen LogP contribution in [0, 0.1) is 0 Å². The number of aromatic nitrogens is 2. The summed E-state index contributed by atoms with van der Waals surface area (Å²) in [5, 5.41) is 3.55. The summed E-state index contributed by atoms with van der Waals surface area (Å²) >= 11 is 0. The van der Waals surface area contributed by atoms with Gasteiger partial charge in [0.15, 0.2) is 6.61 Å². The molecule has 0 bridgehead atoms. The van der Waals surface area contributed by atoms with Gasteiger partial charge in [-0.25, -0.2) is 4.98 Å². The molecule has 9 heteroatoms. The Balaban J connectivity index is 1.71. The van der Waals surface area contributed by atoms with Crippen molar-refractivity contribution in [1.29, 1.82) is 0 Å². The van der Waals surface area contributed by atoms with Crippen LogP contribution in [0.3, 0.4) is 0 Å². The van der Waals surface area contributed by atoms with Crippen LogP contribution in [0.4, 0.5) is 13.2 Å². The fraction of sp³-hybridized carbons (Fsp3) is 0.250. The molecule has 0 fully saturated rings. The van der Waals surface area contributed by atoms with Crippen molar-refractivity contribution >= 4 is 16.8 Å². The van der Waals surface area contributed by atoms with Gasteiger partial charge in [-0.2, -0.15) is 13.2 Å². The van der Waals surface area contributed by atoms with Crippen molar-refractivity contribution in [1.82, 2.24) is 15.3 Å². The van der Waals surface area contributed by atoms with Crippen molar-refractivity contribution < 1.29 is 27.4 Å². The first-order chi connectivity index (χ1) is 13.8. The standard InChI is InChI=1S/C20H18F3N3O3/c1-12(15-8-7-13(10-24-15)29-11-20(21,22)23)25-19(27)17-9-18(28-2)14-5-3-4-6-16(14)26-17/h3-10,12H,11H2,1-2H3,(H,25,27)/t12-/m1/s1. The van der Waals surface area contributed by atoms with Gasteiger partial charge in [0.05, 0.1) is 30.6 Å².